The molecule has 19 heavy (non-hydrogen) atoms. The van der Waals surface area contributed by atoms with Crippen LogP contribution in [0.1, 0.15) is 6.04 Å². The van der Waals surface area contributed by atoms with Crippen molar-refractivity contribution in [1.82, 2.24) is 19.5 Å². The largest absolute Gasteiger partial charge is 0.390 e. The Morgan fingerprint density at radius 1 is 1.42 bits per heavy atom. The molecule has 0 radical (unpaired) electrons. The number of aliphatic hydroxyl groups is 2. The van der Waals surface area contributed by atoms with Crippen molar-refractivity contribution in [2.45, 2.75) is 12.1 Å². The maximum atomic E-state index is 12.2. The quantitative estimate of drug-likeness (QED) is 0.642. The van der Waals surface area contributed by atoms with E-state index in [0.29, 0.717) is 11.2 Å². The van der Waals surface area contributed by atoms with Crippen LogP contribution in [-0.2, 0) is 4.57 Å². The Kier molecular flexibility index (Phi) is 2.81. The zero-order chi connectivity index (χ0) is 13.6. The third-order valence-electron chi connectivity index (χ3n) is 3.49. The average molecular weight is 283 g/mol. The van der Waals surface area contributed by atoms with Gasteiger partial charge in [-0.15, -0.1) is 0 Å². The third-order valence-corrected chi connectivity index (χ3v) is 6.08. The van der Waals surface area contributed by atoms with Crippen molar-refractivity contribution in [2.75, 3.05) is 24.4 Å². The van der Waals surface area contributed by atoms with Gasteiger partial charge in [0.25, 0.3) is 0 Å². The number of nitrogen functional groups attached to an aromatic ring is 1. The Labute approximate surface area is 108 Å². The molecule has 8 nitrogen and oxygen atoms in total. The van der Waals surface area contributed by atoms with Crippen LogP contribution in [0.4, 0.5) is 5.82 Å². The van der Waals surface area contributed by atoms with Gasteiger partial charge < -0.3 is 25.1 Å². The van der Waals surface area contributed by atoms with Crippen LogP contribution in [0.15, 0.2) is 12.7 Å². The molecule has 2 aromatic heterocycles. The summed E-state index contributed by atoms with van der Waals surface area (Å²) in [5.41, 5.74) is 6.66. The zero-order valence-corrected chi connectivity index (χ0v) is 10.9. The summed E-state index contributed by atoms with van der Waals surface area (Å²) < 4.78 is 13.9. The number of fused-ring (bicyclic) bond motifs is 1. The van der Waals surface area contributed by atoms with Gasteiger partial charge in [0.15, 0.2) is 11.5 Å². The molecule has 102 valence electrons. The van der Waals surface area contributed by atoms with Gasteiger partial charge in [-0.2, -0.15) is 0 Å². The number of hydrogen-bond acceptors (Lipinski definition) is 7. The molecule has 0 aromatic carbocycles. The van der Waals surface area contributed by atoms with Crippen LogP contribution < -0.4 is 5.73 Å². The number of nitrogens with two attached hydrogens (primary N) is 1. The Morgan fingerprint density at radius 3 is 2.89 bits per heavy atom. The Bertz CT molecular complexity index is 672. The van der Waals surface area contributed by atoms with E-state index in [2.05, 4.69) is 15.0 Å². The molecule has 9 heteroatoms. The lowest BCUT2D eigenvalue weighted by Crippen LogP contribution is -2.21. The van der Waals surface area contributed by atoms with E-state index in [1.807, 2.05) is 0 Å². The normalized spacial score (nSPS) is 31.1. The summed E-state index contributed by atoms with van der Waals surface area (Å²) >= 11 is 0. The number of nitrogens with zero attached hydrogens (tertiary/aromatic N) is 4. The third kappa shape index (κ3) is 1.92. The number of imidazole rings is 1. The van der Waals surface area contributed by atoms with E-state index in [9.17, 15) is 14.8 Å². The molecular formula is C10H14N5O3P. The standard InChI is InChI=1S/C10H14N5O3P/c11-9-8-10(13-3-12-9)15(4-14-8)6-1-19(18,5-16)2-7(6)17/h3-4,6-7,16-17H,1-2,5H2,(H2,11,12,13)/t6-,7-,19+/m0/s1. The molecule has 3 heterocycles. The van der Waals surface area contributed by atoms with Crippen molar-refractivity contribution < 1.29 is 14.8 Å². The summed E-state index contributed by atoms with van der Waals surface area (Å²) in [4.78, 5) is 12.1. The van der Waals surface area contributed by atoms with E-state index in [-0.39, 0.29) is 24.5 Å². The van der Waals surface area contributed by atoms with Gasteiger partial charge in [-0.05, 0) is 0 Å². The van der Waals surface area contributed by atoms with Gasteiger partial charge in [0.2, 0.25) is 0 Å². The summed E-state index contributed by atoms with van der Waals surface area (Å²) in [5.74, 6) is 0.265. The molecule has 0 unspecified atom stereocenters. The summed E-state index contributed by atoms with van der Waals surface area (Å²) in [6, 6.07) is -0.405. The fourth-order valence-corrected chi connectivity index (χ4v) is 4.91. The minimum Gasteiger partial charge on any atom is -0.390 e. The molecule has 3 rings (SSSR count). The zero-order valence-electron chi connectivity index (χ0n) is 10.0. The van der Waals surface area contributed by atoms with Gasteiger partial charge in [0.1, 0.15) is 19.0 Å². The molecule has 0 aliphatic carbocycles. The number of anilines is 1. The summed E-state index contributed by atoms with van der Waals surface area (Å²) in [6.07, 6.45) is 2.02. The van der Waals surface area contributed by atoms with Gasteiger partial charge in [-0.3, -0.25) is 0 Å². The van der Waals surface area contributed by atoms with Crippen LogP contribution in [-0.4, -0.2) is 54.5 Å². The van der Waals surface area contributed by atoms with Crippen molar-refractivity contribution in [2.24, 2.45) is 0 Å². The first-order valence-corrected chi connectivity index (χ1v) is 8.09. The molecule has 3 atom stereocenters. The minimum absolute atomic E-state index is 0.119. The average Bonchev–Trinajstić information content (AvgIpc) is 2.92. The fraction of sp³-hybridized carbons (Fsp3) is 0.500. The van der Waals surface area contributed by atoms with E-state index in [1.54, 1.807) is 4.57 Å². The minimum atomic E-state index is -2.71. The lowest BCUT2D eigenvalue weighted by molar-refractivity contribution is 0.154. The molecule has 1 aliphatic heterocycles. The molecule has 1 fully saturated rings. The highest BCUT2D eigenvalue weighted by atomic mass is 31.2. The number of aromatic nitrogens is 4. The Balaban J connectivity index is 2.06. The Hall–Kier alpha value is -1.50. The predicted molar refractivity (Wildman–Crippen MR) is 69.2 cm³/mol. The molecule has 0 amide bonds. The highest BCUT2D eigenvalue weighted by Crippen LogP contribution is 2.54. The lowest BCUT2D eigenvalue weighted by atomic mass is 10.2. The van der Waals surface area contributed by atoms with Crippen LogP contribution in [0.3, 0.4) is 0 Å². The van der Waals surface area contributed by atoms with Crippen LogP contribution in [0.5, 0.6) is 0 Å². The van der Waals surface area contributed by atoms with E-state index < -0.39 is 19.3 Å². The van der Waals surface area contributed by atoms with E-state index >= 15 is 0 Å². The molecule has 4 N–H and O–H groups in total. The van der Waals surface area contributed by atoms with Crippen LogP contribution >= 0.6 is 7.14 Å². The smallest absolute Gasteiger partial charge is 0.165 e. The van der Waals surface area contributed by atoms with Crippen LogP contribution in [0.2, 0.25) is 0 Å². The van der Waals surface area contributed by atoms with Crippen molar-refractivity contribution in [3.05, 3.63) is 12.7 Å². The van der Waals surface area contributed by atoms with Crippen molar-refractivity contribution in [3.8, 4) is 0 Å². The number of aliphatic hydroxyl groups excluding tert-OH is 2. The molecule has 1 saturated heterocycles. The van der Waals surface area contributed by atoms with Crippen molar-refractivity contribution in [1.29, 1.82) is 0 Å². The van der Waals surface area contributed by atoms with Gasteiger partial charge in [0, 0.05) is 12.3 Å². The predicted octanol–water partition coefficient (Wildman–Crippen LogP) is -0.363. The highest BCUT2D eigenvalue weighted by Gasteiger charge is 2.42. The summed E-state index contributed by atoms with van der Waals surface area (Å²) in [5, 5.41) is 19.2. The summed E-state index contributed by atoms with van der Waals surface area (Å²) in [7, 11) is -2.71. The van der Waals surface area contributed by atoms with Crippen LogP contribution in [0.25, 0.3) is 11.2 Å². The lowest BCUT2D eigenvalue weighted by Gasteiger charge is -2.15. The molecule has 0 saturated carbocycles. The fourth-order valence-electron chi connectivity index (χ4n) is 2.50. The van der Waals surface area contributed by atoms with E-state index in [1.165, 1.54) is 12.7 Å². The van der Waals surface area contributed by atoms with Gasteiger partial charge >= 0.3 is 0 Å². The molecule has 0 spiro atoms. The van der Waals surface area contributed by atoms with Crippen molar-refractivity contribution >= 4 is 24.1 Å². The maximum Gasteiger partial charge on any atom is 0.165 e. The SMILES string of the molecule is Nc1ncnc2c1ncn2[C@H]1C[P@](=O)(CO)C[C@@H]1O. The molecule has 2 aromatic rings. The van der Waals surface area contributed by atoms with Gasteiger partial charge in [-0.25, -0.2) is 15.0 Å². The molecule has 0 bridgehead atoms. The van der Waals surface area contributed by atoms with Gasteiger partial charge in [-0.1, -0.05) is 0 Å². The first kappa shape index (κ1) is 12.5. The van der Waals surface area contributed by atoms with Crippen molar-refractivity contribution in [3.63, 3.8) is 0 Å². The second kappa shape index (κ2) is 4.26. The monoisotopic (exact) mass is 283 g/mol. The molecule has 1 aliphatic rings. The Morgan fingerprint density at radius 2 is 2.21 bits per heavy atom. The van der Waals surface area contributed by atoms with Crippen LogP contribution in [0, 0.1) is 0 Å². The molecular weight excluding hydrogens is 269 g/mol. The highest BCUT2D eigenvalue weighted by molar-refractivity contribution is 7.64. The first-order chi connectivity index (χ1) is 9.04. The second-order valence-electron chi connectivity index (χ2n) is 4.78. The topological polar surface area (TPSA) is 127 Å². The van der Waals surface area contributed by atoms with Gasteiger partial charge in [0.05, 0.1) is 24.8 Å². The maximum absolute atomic E-state index is 12.2. The van der Waals surface area contributed by atoms with E-state index in [0.717, 1.165) is 0 Å². The number of hydrogen-bond donors (Lipinski definition) is 3. The van der Waals surface area contributed by atoms with E-state index in [4.69, 9.17) is 5.73 Å². The first-order valence-electron chi connectivity index (χ1n) is 5.83. The second-order valence-corrected chi connectivity index (χ2v) is 7.91. The summed E-state index contributed by atoms with van der Waals surface area (Å²) in [6.45, 7) is 0. The number of rotatable bonds is 2.